The van der Waals surface area contributed by atoms with Crippen LogP contribution in [0.2, 0.25) is 0 Å². The standard InChI is InChI=1S/C14H22ClNO/c1-5-6-16(13(17)10-15)12-7-11(2)8-14(3,4)9-12/h5,9,11H,1,6-8,10H2,2-4H3. The van der Waals surface area contributed by atoms with E-state index in [1.165, 1.54) is 0 Å². The van der Waals surface area contributed by atoms with E-state index in [1.54, 1.807) is 11.0 Å². The van der Waals surface area contributed by atoms with Crippen molar-refractivity contribution in [3.8, 4) is 0 Å². The highest BCUT2D eigenvalue weighted by atomic mass is 35.5. The first-order valence-corrected chi connectivity index (χ1v) is 6.62. The molecule has 0 fully saturated rings. The van der Waals surface area contributed by atoms with E-state index in [-0.39, 0.29) is 17.2 Å². The number of allylic oxidation sites excluding steroid dienone is 2. The van der Waals surface area contributed by atoms with Crippen LogP contribution in [0.3, 0.4) is 0 Å². The minimum Gasteiger partial charge on any atom is -0.312 e. The van der Waals surface area contributed by atoms with E-state index >= 15 is 0 Å². The van der Waals surface area contributed by atoms with E-state index in [1.807, 2.05) is 0 Å². The van der Waals surface area contributed by atoms with Gasteiger partial charge in [-0.15, -0.1) is 18.2 Å². The SMILES string of the molecule is C=CCN(C(=O)CCl)C1=CC(C)(C)CC(C)C1. The molecule has 1 aliphatic carbocycles. The van der Waals surface area contributed by atoms with Gasteiger partial charge in [-0.1, -0.05) is 32.9 Å². The van der Waals surface area contributed by atoms with E-state index in [0.717, 1.165) is 18.5 Å². The van der Waals surface area contributed by atoms with Gasteiger partial charge in [-0.3, -0.25) is 4.79 Å². The summed E-state index contributed by atoms with van der Waals surface area (Å²) in [7, 11) is 0. The summed E-state index contributed by atoms with van der Waals surface area (Å²) in [4.78, 5) is 13.6. The molecule has 1 amide bonds. The topological polar surface area (TPSA) is 20.3 Å². The van der Waals surface area contributed by atoms with Crippen LogP contribution >= 0.6 is 11.6 Å². The third kappa shape index (κ3) is 3.88. The van der Waals surface area contributed by atoms with E-state index in [4.69, 9.17) is 11.6 Å². The summed E-state index contributed by atoms with van der Waals surface area (Å²) < 4.78 is 0. The van der Waals surface area contributed by atoms with Crippen molar-refractivity contribution >= 4 is 17.5 Å². The van der Waals surface area contributed by atoms with E-state index in [0.29, 0.717) is 12.5 Å². The number of hydrogen-bond acceptors (Lipinski definition) is 1. The Kier molecular flexibility index (Phi) is 4.81. The van der Waals surface area contributed by atoms with Crippen molar-refractivity contribution in [1.29, 1.82) is 0 Å². The quantitative estimate of drug-likeness (QED) is 0.555. The van der Waals surface area contributed by atoms with Crippen LogP contribution in [0.1, 0.15) is 33.6 Å². The smallest absolute Gasteiger partial charge is 0.241 e. The zero-order chi connectivity index (χ0) is 13.1. The first kappa shape index (κ1) is 14.3. The fourth-order valence-electron chi connectivity index (χ4n) is 2.66. The summed E-state index contributed by atoms with van der Waals surface area (Å²) in [6.45, 7) is 10.9. The van der Waals surface area contributed by atoms with Gasteiger partial charge < -0.3 is 4.90 Å². The van der Waals surface area contributed by atoms with Crippen LogP contribution in [0.15, 0.2) is 24.4 Å². The van der Waals surface area contributed by atoms with Crippen LogP contribution in [0.25, 0.3) is 0 Å². The number of alkyl halides is 1. The van der Waals surface area contributed by atoms with Crippen LogP contribution in [-0.2, 0) is 4.79 Å². The molecule has 0 N–H and O–H groups in total. The van der Waals surface area contributed by atoms with Gasteiger partial charge in [0.25, 0.3) is 0 Å². The second-order valence-electron chi connectivity index (χ2n) is 5.56. The molecule has 0 spiro atoms. The highest BCUT2D eigenvalue weighted by Gasteiger charge is 2.29. The van der Waals surface area contributed by atoms with Crippen molar-refractivity contribution in [2.75, 3.05) is 12.4 Å². The predicted octanol–water partition coefficient (Wildman–Crippen LogP) is 3.58. The van der Waals surface area contributed by atoms with Gasteiger partial charge in [0, 0.05) is 12.2 Å². The Bertz CT molecular complexity index is 333. The molecule has 0 aromatic carbocycles. The molecule has 0 aromatic rings. The molecule has 1 aliphatic rings. The molecule has 0 saturated carbocycles. The summed E-state index contributed by atoms with van der Waals surface area (Å²) in [5.41, 5.74) is 1.25. The highest BCUT2D eigenvalue weighted by molar-refractivity contribution is 6.27. The molecule has 1 rings (SSSR count). The third-order valence-corrected chi connectivity index (χ3v) is 3.29. The Morgan fingerprint density at radius 1 is 1.71 bits per heavy atom. The highest BCUT2D eigenvalue weighted by Crippen LogP contribution is 2.37. The van der Waals surface area contributed by atoms with Gasteiger partial charge in [0.1, 0.15) is 5.88 Å². The molecule has 0 aliphatic heterocycles. The van der Waals surface area contributed by atoms with Crippen molar-refractivity contribution < 1.29 is 4.79 Å². The predicted molar refractivity (Wildman–Crippen MR) is 72.9 cm³/mol. The average Bonchev–Trinajstić information content (AvgIpc) is 2.22. The molecular formula is C14H22ClNO. The second-order valence-corrected chi connectivity index (χ2v) is 5.83. The van der Waals surface area contributed by atoms with Crippen LogP contribution in [0.5, 0.6) is 0 Å². The number of carbonyl (C=O) groups excluding carboxylic acids is 1. The van der Waals surface area contributed by atoms with Crippen LogP contribution < -0.4 is 0 Å². The Hall–Kier alpha value is -0.760. The molecule has 3 heteroatoms. The average molecular weight is 256 g/mol. The maximum absolute atomic E-state index is 11.8. The molecule has 1 unspecified atom stereocenters. The summed E-state index contributed by atoms with van der Waals surface area (Å²) in [5.74, 6) is 0.586. The maximum atomic E-state index is 11.8. The zero-order valence-electron chi connectivity index (χ0n) is 11.0. The lowest BCUT2D eigenvalue weighted by molar-refractivity contribution is -0.126. The molecule has 0 radical (unpaired) electrons. The van der Waals surface area contributed by atoms with Gasteiger partial charge in [0.15, 0.2) is 0 Å². The van der Waals surface area contributed by atoms with Crippen molar-refractivity contribution in [3.05, 3.63) is 24.4 Å². The summed E-state index contributed by atoms with van der Waals surface area (Å²) in [6, 6.07) is 0. The Labute approximate surface area is 109 Å². The first-order valence-electron chi connectivity index (χ1n) is 6.08. The van der Waals surface area contributed by atoms with Gasteiger partial charge in [0.2, 0.25) is 5.91 Å². The van der Waals surface area contributed by atoms with Crippen molar-refractivity contribution in [3.63, 3.8) is 0 Å². The molecule has 2 nitrogen and oxygen atoms in total. The Morgan fingerprint density at radius 2 is 2.35 bits per heavy atom. The van der Waals surface area contributed by atoms with E-state index in [2.05, 4.69) is 33.4 Å². The lowest BCUT2D eigenvalue weighted by Gasteiger charge is -2.36. The minimum absolute atomic E-state index is 0.0278. The third-order valence-electron chi connectivity index (χ3n) is 3.06. The van der Waals surface area contributed by atoms with Crippen LogP contribution in [0, 0.1) is 11.3 Å². The molecule has 0 heterocycles. The number of rotatable bonds is 4. The molecular weight excluding hydrogens is 234 g/mol. The van der Waals surface area contributed by atoms with Gasteiger partial charge in [-0.05, 0) is 24.2 Å². The number of amides is 1. The number of nitrogens with zero attached hydrogens (tertiary/aromatic N) is 1. The van der Waals surface area contributed by atoms with E-state index < -0.39 is 0 Å². The maximum Gasteiger partial charge on any atom is 0.241 e. The molecule has 0 aromatic heterocycles. The summed E-state index contributed by atoms with van der Waals surface area (Å²) in [6.07, 6.45) is 6.06. The number of halogens is 1. The largest absolute Gasteiger partial charge is 0.312 e. The summed E-state index contributed by atoms with van der Waals surface area (Å²) >= 11 is 5.66. The molecule has 0 bridgehead atoms. The molecule has 0 saturated heterocycles. The molecule has 17 heavy (non-hydrogen) atoms. The summed E-state index contributed by atoms with van der Waals surface area (Å²) in [5, 5.41) is 0. The molecule has 1 atom stereocenters. The fraction of sp³-hybridized carbons (Fsp3) is 0.643. The van der Waals surface area contributed by atoms with Crippen molar-refractivity contribution in [2.45, 2.75) is 33.6 Å². The van der Waals surface area contributed by atoms with Crippen molar-refractivity contribution in [2.24, 2.45) is 11.3 Å². The van der Waals surface area contributed by atoms with Crippen LogP contribution in [0.4, 0.5) is 0 Å². The number of carbonyl (C=O) groups is 1. The first-order chi connectivity index (χ1) is 7.89. The fourth-order valence-corrected chi connectivity index (χ4v) is 2.81. The zero-order valence-corrected chi connectivity index (χ0v) is 11.8. The molecule has 96 valence electrons. The van der Waals surface area contributed by atoms with Crippen molar-refractivity contribution in [1.82, 2.24) is 4.90 Å². The van der Waals surface area contributed by atoms with Gasteiger partial charge in [0.05, 0.1) is 0 Å². The lowest BCUT2D eigenvalue weighted by Crippen LogP contribution is -2.35. The van der Waals surface area contributed by atoms with Gasteiger partial charge >= 0.3 is 0 Å². The van der Waals surface area contributed by atoms with E-state index in [9.17, 15) is 4.79 Å². The second kappa shape index (κ2) is 5.72. The Morgan fingerprint density at radius 3 is 2.82 bits per heavy atom. The van der Waals surface area contributed by atoms with Gasteiger partial charge in [-0.2, -0.15) is 0 Å². The Balaban J connectivity index is 2.97. The van der Waals surface area contributed by atoms with Crippen LogP contribution in [-0.4, -0.2) is 23.2 Å². The number of hydrogen-bond donors (Lipinski definition) is 0. The lowest BCUT2D eigenvalue weighted by atomic mass is 9.76. The normalized spacial score (nSPS) is 22.8. The van der Waals surface area contributed by atoms with Gasteiger partial charge in [-0.25, -0.2) is 0 Å². The minimum atomic E-state index is -0.0392. The monoisotopic (exact) mass is 255 g/mol.